The lowest BCUT2D eigenvalue weighted by molar-refractivity contribution is 0.0586. The standard InChI is InChI=1S/C22H23Cl2N3O2S/c1-15-4-2-3-5-19(15)25-21(29)26-10-8-22(9-11-26)27(12-13-30-22)20(28)17-7-6-16(23)14-18(17)24/h2-7,14H,8-13H2,1H3,(H,25,29). The van der Waals surface area contributed by atoms with Crippen molar-refractivity contribution in [2.75, 3.05) is 30.7 Å². The van der Waals surface area contributed by atoms with Crippen LogP contribution in [0.3, 0.4) is 0 Å². The van der Waals surface area contributed by atoms with Crippen molar-refractivity contribution in [2.45, 2.75) is 24.6 Å². The highest BCUT2D eigenvalue weighted by Gasteiger charge is 2.47. The minimum atomic E-state index is -0.292. The van der Waals surface area contributed by atoms with Crippen molar-refractivity contribution >= 4 is 52.6 Å². The largest absolute Gasteiger partial charge is 0.324 e. The molecule has 1 N–H and O–H groups in total. The fourth-order valence-corrected chi connectivity index (χ4v) is 6.03. The first-order valence-corrected chi connectivity index (χ1v) is 11.7. The number of amides is 3. The molecule has 0 saturated carbocycles. The molecule has 0 atom stereocenters. The van der Waals surface area contributed by atoms with Crippen LogP contribution >= 0.6 is 35.0 Å². The van der Waals surface area contributed by atoms with Crippen LogP contribution in [0.2, 0.25) is 10.0 Å². The molecule has 8 heteroatoms. The molecule has 3 amide bonds. The summed E-state index contributed by atoms with van der Waals surface area (Å²) < 4.78 is 0. The van der Waals surface area contributed by atoms with E-state index in [-0.39, 0.29) is 16.8 Å². The molecule has 2 aromatic carbocycles. The van der Waals surface area contributed by atoms with Gasteiger partial charge in [-0.25, -0.2) is 4.79 Å². The second kappa shape index (κ2) is 8.69. The third-order valence-corrected chi connectivity index (χ3v) is 7.90. The smallest absolute Gasteiger partial charge is 0.321 e. The molecule has 1 spiro atoms. The first kappa shape index (κ1) is 21.3. The molecule has 0 aromatic heterocycles. The van der Waals surface area contributed by atoms with Crippen LogP contribution in [0.15, 0.2) is 42.5 Å². The number of rotatable bonds is 2. The van der Waals surface area contributed by atoms with E-state index in [0.29, 0.717) is 35.2 Å². The second-order valence-corrected chi connectivity index (χ2v) is 9.91. The highest BCUT2D eigenvalue weighted by Crippen LogP contribution is 2.45. The van der Waals surface area contributed by atoms with Gasteiger partial charge in [-0.1, -0.05) is 41.4 Å². The average Bonchev–Trinajstić information content (AvgIpc) is 3.12. The van der Waals surface area contributed by atoms with E-state index in [4.69, 9.17) is 23.2 Å². The van der Waals surface area contributed by atoms with E-state index < -0.39 is 0 Å². The summed E-state index contributed by atoms with van der Waals surface area (Å²) in [7, 11) is 0. The third-order valence-electron chi connectivity index (χ3n) is 5.80. The van der Waals surface area contributed by atoms with Gasteiger partial charge in [0.15, 0.2) is 0 Å². The number of nitrogens with zero attached hydrogens (tertiary/aromatic N) is 2. The molecule has 2 aliphatic heterocycles. The highest BCUT2D eigenvalue weighted by molar-refractivity contribution is 8.00. The number of para-hydroxylation sites is 1. The summed E-state index contributed by atoms with van der Waals surface area (Å²) in [6.07, 6.45) is 1.46. The predicted octanol–water partition coefficient (Wildman–Crippen LogP) is 5.52. The SMILES string of the molecule is Cc1ccccc1NC(=O)N1CCC2(CC1)SCCN2C(=O)c1ccc(Cl)cc1Cl. The number of hydrogen-bond donors (Lipinski definition) is 1. The van der Waals surface area contributed by atoms with Gasteiger partial charge in [0.05, 0.1) is 15.5 Å². The van der Waals surface area contributed by atoms with Crippen molar-refractivity contribution < 1.29 is 9.59 Å². The number of benzene rings is 2. The van der Waals surface area contributed by atoms with Crippen LogP contribution in [0.4, 0.5) is 10.5 Å². The number of aryl methyl sites for hydroxylation is 1. The maximum absolute atomic E-state index is 13.2. The van der Waals surface area contributed by atoms with Crippen molar-refractivity contribution in [1.29, 1.82) is 0 Å². The van der Waals surface area contributed by atoms with Crippen LogP contribution in [-0.2, 0) is 0 Å². The number of anilines is 1. The van der Waals surface area contributed by atoms with Gasteiger partial charge in [0.1, 0.15) is 0 Å². The van der Waals surface area contributed by atoms with Gasteiger partial charge in [-0.15, -0.1) is 11.8 Å². The maximum atomic E-state index is 13.2. The summed E-state index contributed by atoms with van der Waals surface area (Å²) in [6, 6.07) is 12.6. The Morgan fingerprint density at radius 2 is 1.80 bits per heavy atom. The van der Waals surface area contributed by atoms with E-state index in [1.54, 1.807) is 30.0 Å². The topological polar surface area (TPSA) is 52.7 Å². The van der Waals surface area contributed by atoms with E-state index in [0.717, 1.165) is 29.8 Å². The Balaban J connectivity index is 1.44. The summed E-state index contributed by atoms with van der Waals surface area (Å²) in [5, 5.41) is 3.88. The first-order chi connectivity index (χ1) is 14.4. The monoisotopic (exact) mass is 463 g/mol. The van der Waals surface area contributed by atoms with Gasteiger partial charge < -0.3 is 15.1 Å². The van der Waals surface area contributed by atoms with Crippen LogP contribution in [0.1, 0.15) is 28.8 Å². The summed E-state index contributed by atoms with van der Waals surface area (Å²) in [5.41, 5.74) is 2.33. The number of carbonyl (C=O) groups is 2. The number of urea groups is 1. The van der Waals surface area contributed by atoms with Crippen LogP contribution in [0.5, 0.6) is 0 Å². The van der Waals surface area contributed by atoms with Crippen molar-refractivity contribution in [2.24, 2.45) is 0 Å². The lowest BCUT2D eigenvalue weighted by Gasteiger charge is -2.44. The number of nitrogens with one attached hydrogen (secondary N) is 1. The summed E-state index contributed by atoms with van der Waals surface area (Å²) in [6.45, 7) is 3.85. The molecule has 5 nitrogen and oxygen atoms in total. The van der Waals surface area contributed by atoms with Gasteiger partial charge in [0, 0.05) is 36.1 Å². The Labute approximate surface area is 190 Å². The van der Waals surface area contributed by atoms with E-state index in [9.17, 15) is 9.59 Å². The lowest BCUT2D eigenvalue weighted by atomic mass is 10.0. The molecule has 2 saturated heterocycles. The van der Waals surface area contributed by atoms with Gasteiger partial charge in [-0.2, -0.15) is 0 Å². The Morgan fingerprint density at radius 1 is 1.07 bits per heavy atom. The molecule has 0 bridgehead atoms. The number of halogens is 2. The molecule has 30 heavy (non-hydrogen) atoms. The van der Waals surface area contributed by atoms with Gasteiger partial charge in [-0.05, 0) is 49.6 Å². The van der Waals surface area contributed by atoms with Crippen molar-refractivity contribution in [3.8, 4) is 0 Å². The molecule has 158 valence electrons. The zero-order chi connectivity index (χ0) is 21.3. The van der Waals surface area contributed by atoms with E-state index in [1.807, 2.05) is 41.0 Å². The quantitative estimate of drug-likeness (QED) is 0.637. The van der Waals surface area contributed by atoms with Gasteiger partial charge in [0.2, 0.25) is 0 Å². The second-order valence-electron chi connectivity index (χ2n) is 7.61. The minimum absolute atomic E-state index is 0.0699. The highest BCUT2D eigenvalue weighted by atomic mass is 35.5. The molecule has 0 aliphatic carbocycles. The number of likely N-dealkylation sites (tertiary alicyclic amines) is 1. The first-order valence-electron chi connectivity index (χ1n) is 9.92. The van der Waals surface area contributed by atoms with E-state index in [2.05, 4.69) is 5.32 Å². The minimum Gasteiger partial charge on any atom is -0.324 e. The Morgan fingerprint density at radius 3 is 2.50 bits per heavy atom. The Kier molecular flexibility index (Phi) is 6.19. The molecule has 2 aliphatic rings. The number of piperidine rings is 1. The van der Waals surface area contributed by atoms with Crippen LogP contribution in [-0.4, -0.2) is 52.0 Å². The van der Waals surface area contributed by atoms with Gasteiger partial charge in [-0.3, -0.25) is 4.79 Å². The molecule has 2 aromatic rings. The molecular formula is C22H23Cl2N3O2S. The summed E-state index contributed by atoms with van der Waals surface area (Å²) in [5.74, 6) is 0.811. The third kappa shape index (κ3) is 4.13. The van der Waals surface area contributed by atoms with Crippen molar-refractivity contribution in [3.05, 3.63) is 63.6 Å². The Hall–Kier alpha value is -1.89. The summed E-state index contributed by atoms with van der Waals surface area (Å²) >= 11 is 14.1. The average molecular weight is 464 g/mol. The fraction of sp³-hybridized carbons (Fsp3) is 0.364. The van der Waals surface area contributed by atoms with Crippen molar-refractivity contribution in [3.63, 3.8) is 0 Å². The van der Waals surface area contributed by atoms with Gasteiger partial charge in [0.25, 0.3) is 5.91 Å². The van der Waals surface area contributed by atoms with Crippen LogP contribution in [0, 0.1) is 6.92 Å². The zero-order valence-electron chi connectivity index (χ0n) is 16.7. The molecular weight excluding hydrogens is 441 g/mol. The lowest BCUT2D eigenvalue weighted by Crippen LogP contribution is -2.54. The number of carbonyl (C=O) groups excluding carboxylic acids is 2. The van der Waals surface area contributed by atoms with Gasteiger partial charge >= 0.3 is 6.03 Å². The maximum Gasteiger partial charge on any atom is 0.321 e. The van der Waals surface area contributed by atoms with Crippen LogP contribution in [0.25, 0.3) is 0 Å². The molecule has 0 unspecified atom stereocenters. The van der Waals surface area contributed by atoms with Crippen molar-refractivity contribution in [1.82, 2.24) is 9.80 Å². The van der Waals surface area contributed by atoms with Crippen LogP contribution < -0.4 is 5.32 Å². The molecule has 2 fully saturated rings. The fourth-order valence-electron chi connectivity index (χ4n) is 4.08. The number of hydrogen-bond acceptors (Lipinski definition) is 3. The molecule has 2 heterocycles. The zero-order valence-corrected chi connectivity index (χ0v) is 19.0. The van der Waals surface area contributed by atoms with E-state index >= 15 is 0 Å². The predicted molar refractivity (Wildman–Crippen MR) is 124 cm³/mol. The summed E-state index contributed by atoms with van der Waals surface area (Å²) in [4.78, 5) is 29.4. The molecule has 0 radical (unpaired) electrons. The normalized spacial score (nSPS) is 18.0. The van der Waals surface area contributed by atoms with E-state index in [1.165, 1.54) is 0 Å². The number of thioether (sulfide) groups is 1. The Bertz CT molecular complexity index is 977. The molecule has 4 rings (SSSR count).